The Morgan fingerprint density at radius 3 is 2.32 bits per heavy atom. The number of benzene rings is 2. The molecule has 0 aliphatic rings. The topological polar surface area (TPSA) is 59.6 Å². The summed E-state index contributed by atoms with van der Waals surface area (Å²) in [4.78, 5) is 12.4. The standard InChI is InChI=1S/C18H20Cl2N2O3/c1-18(2,11-5-8-15(24-3)16(9-11)25-4)22-17(23)21-14-10-12(19)6-7-13(14)20/h5-10H,1-4H3,(H2,21,22,23). The number of ether oxygens (including phenoxy) is 2. The number of amides is 2. The number of hydrogen-bond acceptors (Lipinski definition) is 3. The van der Waals surface area contributed by atoms with E-state index in [1.54, 1.807) is 38.5 Å². The summed E-state index contributed by atoms with van der Waals surface area (Å²) in [5, 5.41) is 6.51. The third kappa shape index (κ3) is 4.71. The Morgan fingerprint density at radius 1 is 1.00 bits per heavy atom. The highest BCUT2D eigenvalue weighted by Crippen LogP contribution is 2.32. The van der Waals surface area contributed by atoms with Gasteiger partial charge in [-0.25, -0.2) is 4.79 Å². The zero-order valence-corrected chi connectivity index (χ0v) is 16.0. The minimum absolute atomic E-state index is 0.399. The van der Waals surface area contributed by atoms with Gasteiger partial charge >= 0.3 is 6.03 Å². The van der Waals surface area contributed by atoms with Gasteiger partial charge in [0.2, 0.25) is 0 Å². The molecular weight excluding hydrogens is 363 g/mol. The smallest absolute Gasteiger partial charge is 0.319 e. The lowest BCUT2D eigenvalue weighted by atomic mass is 9.94. The number of methoxy groups -OCH3 is 2. The van der Waals surface area contributed by atoms with Crippen LogP contribution in [0.3, 0.4) is 0 Å². The van der Waals surface area contributed by atoms with Crippen LogP contribution in [-0.2, 0) is 5.54 Å². The van der Waals surface area contributed by atoms with Gasteiger partial charge in [-0.05, 0) is 49.7 Å². The van der Waals surface area contributed by atoms with Gasteiger partial charge in [0.25, 0.3) is 0 Å². The van der Waals surface area contributed by atoms with Crippen molar-refractivity contribution in [2.75, 3.05) is 19.5 Å². The van der Waals surface area contributed by atoms with E-state index < -0.39 is 11.6 Å². The molecule has 25 heavy (non-hydrogen) atoms. The number of rotatable bonds is 5. The van der Waals surface area contributed by atoms with Crippen molar-refractivity contribution in [2.24, 2.45) is 0 Å². The van der Waals surface area contributed by atoms with Crippen LogP contribution in [0.15, 0.2) is 36.4 Å². The molecule has 0 atom stereocenters. The average molecular weight is 383 g/mol. The van der Waals surface area contributed by atoms with Gasteiger partial charge in [-0.1, -0.05) is 29.3 Å². The molecule has 0 bridgehead atoms. The SMILES string of the molecule is COc1ccc(C(C)(C)NC(=O)Nc2cc(Cl)ccc2Cl)cc1OC. The molecule has 0 aliphatic carbocycles. The molecule has 7 heteroatoms. The molecule has 0 radical (unpaired) electrons. The third-order valence-corrected chi connectivity index (χ3v) is 4.27. The van der Waals surface area contributed by atoms with Crippen molar-refractivity contribution in [3.63, 3.8) is 0 Å². The first-order valence-electron chi connectivity index (χ1n) is 7.53. The van der Waals surface area contributed by atoms with Crippen LogP contribution in [0.4, 0.5) is 10.5 Å². The number of halogens is 2. The molecule has 134 valence electrons. The first-order valence-corrected chi connectivity index (χ1v) is 8.29. The highest BCUT2D eigenvalue weighted by atomic mass is 35.5. The monoisotopic (exact) mass is 382 g/mol. The Bertz CT molecular complexity index is 779. The largest absolute Gasteiger partial charge is 0.493 e. The minimum atomic E-state index is -0.658. The van der Waals surface area contributed by atoms with E-state index >= 15 is 0 Å². The van der Waals surface area contributed by atoms with Crippen molar-refractivity contribution in [1.29, 1.82) is 0 Å². The van der Waals surface area contributed by atoms with Gasteiger partial charge in [0.1, 0.15) is 0 Å². The van der Waals surface area contributed by atoms with E-state index in [9.17, 15) is 4.79 Å². The summed E-state index contributed by atoms with van der Waals surface area (Å²) < 4.78 is 10.6. The van der Waals surface area contributed by atoms with Gasteiger partial charge < -0.3 is 20.1 Å². The third-order valence-electron chi connectivity index (χ3n) is 3.71. The fourth-order valence-electron chi connectivity index (χ4n) is 2.33. The van der Waals surface area contributed by atoms with Crippen LogP contribution < -0.4 is 20.1 Å². The highest BCUT2D eigenvalue weighted by Gasteiger charge is 2.24. The number of urea groups is 1. The Morgan fingerprint density at radius 2 is 1.68 bits per heavy atom. The molecular formula is C18H20Cl2N2O3. The lowest BCUT2D eigenvalue weighted by Crippen LogP contribution is -2.43. The molecule has 2 amide bonds. The summed E-state index contributed by atoms with van der Waals surface area (Å²) >= 11 is 12.0. The molecule has 0 spiro atoms. The van der Waals surface area contributed by atoms with Crippen molar-refractivity contribution in [3.8, 4) is 11.5 Å². The van der Waals surface area contributed by atoms with Crippen molar-refractivity contribution in [2.45, 2.75) is 19.4 Å². The van der Waals surface area contributed by atoms with E-state index in [2.05, 4.69) is 10.6 Å². The zero-order valence-electron chi connectivity index (χ0n) is 14.4. The van der Waals surface area contributed by atoms with E-state index in [0.717, 1.165) is 5.56 Å². The summed E-state index contributed by atoms with van der Waals surface area (Å²) in [6.07, 6.45) is 0. The molecule has 0 fully saturated rings. The molecule has 2 aromatic carbocycles. The van der Waals surface area contributed by atoms with Crippen LogP contribution in [-0.4, -0.2) is 20.3 Å². The molecule has 2 aromatic rings. The maximum atomic E-state index is 12.4. The molecule has 0 aromatic heterocycles. The Kier molecular flexibility index (Phi) is 6.03. The van der Waals surface area contributed by atoms with E-state index in [0.29, 0.717) is 27.2 Å². The van der Waals surface area contributed by atoms with Gasteiger partial charge in [-0.15, -0.1) is 0 Å². The van der Waals surface area contributed by atoms with E-state index in [1.807, 2.05) is 26.0 Å². The molecule has 0 saturated carbocycles. The fourth-order valence-corrected chi connectivity index (χ4v) is 2.66. The second-order valence-electron chi connectivity index (χ2n) is 5.90. The van der Waals surface area contributed by atoms with Gasteiger partial charge in [-0.2, -0.15) is 0 Å². The van der Waals surface area contributed by atoms with E-state index in [4.69, 9.17) is 32.7 Å². The van der Waals surface area contributed by atoms with Crippen LogP contribution in [0.1, 0.15) is 19.4 Å². The van der Waals surface area contributed by atoms with Crippen molar-refractivity contribution < 1.29 is 14.3 Å². The van der Waals surface area contributed by atoms with Crippen LogP contribution in [0.2, 0.25) is 10.0 Å². The predicted molar refractivity (Wildman–Crippen MR) is 101 cm³/mol. The first kappa shape index (κ1) is 19.2. The first-order chi connectivity index (χ1) is 11.8. The van der Waals surface area contributed by atoms with Crippen LogP contribution in [0.5, 0.6) is 11.5 Å². The predicted octanol–water partition coefficient (Wildman–Crippen LogP) is 5.07. The van der Waals surface area contributed by atoms with Crippen molar-refractivity contribution in [1.82, 2.24) is 5.32 Å². The number of carbonyl (C=O) groups is 1. The minimum Gasteiger partial charge on any atom is -0.493 e. The quantitative estimate of drug-likeness (QED) is 0.758. The summed E-state index contributed by atoms with van der Waals surface area (Å²) in [5.41, 5.74) is 0.640. The Hall–Kier alpha value is -2.11. The number of anilines is 1. The van der Waals surface area contributed by atoms with E-state index in [-0.39, 0.29) is 0 Å². The number of nitrogens with one attached hydrogen (secondary N) is 2. The Labute approximate surface area is 157 Å². The summed E-state index contributed by atoms with van der Waals surface area (Å²) in [6.45, 7) is 3.76. The zero-order chi connectivity index (χ0) is 18.6. The van der Waals surface area contributed by atoms with Gasteiger partial charge in [0, 0.05) is 5.02 Å². The fraction of sp³-hybridized carbons (Fsp3) is 0.278. The van der Waals surface area contributed by atoms with Crippen LogP contribution in [0.25, 0.3) is 0 Å². The number of carbonyl (C=O) groups excluding carboxylic acids is 1. The molecule has 0 saturated heterocycles. The lowest BCUT2D eigenvalue weighted by Gasteiger charge is -2.28. The molecule has 5 nitrogen and oxygen atoms in total. The summed E-state index contributed by atoms with van der Waals surface area (Å²) in [5.74, 6) is 1.21. The molecule has 0 heterocycles. The Balaban J connectivity index is 2.17. The van der Waals surface area contributed by atoms with Crippen molar-refractivity contribution in [3.05, 3.63) is 52.0 Å². The lowest BCUT2D eigenvalue weighted by molar-refractivity contribution is 0.241. The van der Waals surface area contributed by atoms with E-state index in [1.165, 1.54) is 0 Å². The highest BCUT2D eigenvalue weighted by molar-refractivity contribution is 6.35. The van der Waals surface area contributed by atoms with Gasteiger partial charge in [-0.3, -0.25) is 0 Å². The summed E-state index contributed by atoms with van der Waals surface area (Å²) in [6, 6.07) is 9.96. The normalized spacial score (nSPS) is 11.0. The maximum absolute atomic E-state index is 12.4. The summed E-state index contributed by atoms with van der Waals surface area (Å²) in [7, 11) is 3.14. The maximum Gasteiger partial charge on any atom is 0.319 e. The van der Waals surface area contributed by atoms with Crippen LogP contribution in [0, 0.1) is 0 Å². The average Bonchev–Trinajstić information content (AvgIpc) is 2.56. The molecule has 2 N–H and O–H groups in total. The number of hydrogen-bond donors (Lipinski definition) is 2. The van der Waals surface area contributed by atoms with Crippen molar-refractivity contribution >= 4 is 34.9 Å². The second kappa shape index (κ2) is 7.85. The second-order valence-corrected chi connectivity index (χ2v) is 6.74. The van der Waals surface area contributed by atoms with Crippen LogP contribution >= 0.6 is 23.2 Å². The molecule has 2 rings (SSSR count). The van der Waals surface area contributed by atoms with Gasteiger partial charge in [0.15, 0.2) is 11.5 Å². The van der Waals surface area contributed by atoms with Gasteiger partial charge in [0.05, 0.1) is 30.5 Å². The molecule has 0 unspecified atom stereocenters. The molecule has 0 aliphatic heterocycles.